The van der Waals surface area contributed by atoms with Crippen molar-refractivity contribution in [2.24, 2.45) is 0 Å². The van der Waals surface area contributed by atoms with Crippen LogP contribution in [-0.4, -0.2) is 17.6 Å². The summed E-state index contributed by atoms with van der Waals surface area (Å²) in [5.74, 6) is -1.05. The highest BCUT2D eigenvalue weighted by molar-refractivity contribution is 7.15. The fraction of sp³-hybridized carbons (Fsp3) is 0.0500. The van der Waals surface area contributed by atoms with Crippen LogP contribution in [0.15, 0.2) is 53.9 Å². The molecule has 1 aliphatic rings. The molecule has 2 aromatic carbocycles. The Morgan fingerprint density at radius 3 is 2.12 bits per heavy atom. The van der Waals surface area contributed by atoms with E-state index < -0.39 is 11.8 Å². The molecule has 4 nitrogen and oxygen atoms in total. The molecule has 6 heteroatoms. The van der Waals surface area contributed by atoms with E-state index in [1.165, 1.54) is 11.3 Å². The van der Waals surface area contributed by atoms with E-state index >= 15 is 0 Å². The minimum Gasteiger partial charge on any atom is -0.288 e. The molecule has 128 valence electrons. The number of carbonyl (C=O) groups excluding carboxylic acids is 3. The second-order valence-corrected chi connectivity index (χ2v) is 7.22. The van der Waals surface area contributed by atoms with Gasteiger partial charge in [-0.3, -0.25) is 14.4 Å². The summed E-state index contributed by atoms with van der Waals surface area (Å²) in [5.41, 5.74) is 2.25. The van der Waals surface area contributed by atoms with E-state index in [4.69, 9.17) is 11.6 Å². The van der Waals surface area contributed by atoms with Crippen molar-refractivity contribution in [2.45, 2.75) is 6.92 Å². The molecule has 0 aliphatic carbocycles. The lowest BCUT2D eigenvalue weighted by atomic mass is 10.0. The third-order valence-corrected chi connectivity index (χ3v) is 5.62. The molecule has 0 saturated carbocycles. The maximum absolute atomic E-state index is 13.0. The Morgan fingerprint density at radius 2 is 1.54 bits per heavy atom. The monoisotopic (exact) mass is 381 g/mol. The van der Waals surface area contributed by atoms with Crippen molar-refractivity contribution < 1.29 is 14.4 Å². The minimum absolute atomic E-state index is 0.244. The van der Waals surface area contributed by atoms with Crippen molar-refractivity contribution in [1.82, 2.24) is 0 Å². The quantitative estimate of drug-likeness (QED) is 0.486. The molecule has 0 saturated heterocycles. The third kappa shape index (κ3) is 2.48. The largest absolute Gasteiger partial charge is 0.288 e. The molecule has 0 unspecified atom stereocenters. The first-order chi connectivity index (χ1) is 12.5. The predicted octanol–water partition coefficient (Wildman–Crippen LogP) is 4.74. The Morgan fingerprint density at radius 1 is 0.962 bits per heavy atom. The van der Waals surface area contributed by atoms with Crippen molar-refractivity contribution in [3.8, 4) is 0 Å². The number of imide groups is 1. The summed E-state index contributed by atoms with van der Waals surface area (Å²) >= 11 is 7.11. The molecule has 26 heavy (non-hydrogen) atoms. The van der Waals surface area contributed by atoms with E-state index in [-0.39, 0.29) is 5.78 Å². The summed E-state index contributed by atoms with van der Waals surface area (Å²) in [6.45, 7) is 1.79. The van der Waals surface area contributed by atoms with E-state index in [1.54, 1.807) is 60.8 Å². The van der Waals surface area contributed by atoms with Crippen LogP contribution in [0, 0.1) is 6.92 Å². The lowest BCUT2D eigenvalue weighted by Gasteiger charge is -2.14. The number of hydrogen-bond acceptors (Lipinski definition) is 4. The first-order valence-corrected chi connectivity index (χ1v) is 9.11. The number of anilines is 1. The highest BCUT2D eigenvalue weighted by Crippen LogP contribution is 2.38. The van der Waals surface area contributed by atoms with Crippen LogP contribution in [0.5, 0.6) is 0 Å². The van der Waals surface area contributed by atoms with Gasteiger partial charge in [-0.2, -0.15) is 0 Å². The van der Waals surface area contributed by atoms with Gasteiger partial charge in [0.1, 0.15) is 5.00 Å². The van der Waals surface area contributed by atoms with Gasteiger partial charge in [0.2, 0.25) is 0 Å². The van der Waals surface area contributed by atoms with Gasteiger partial charge in [0.05, 0.1) is 16.7 Å². The van der Waals surface area contributed by atoms with E-state index in [9.17, 15) is 14.4 Å². The average molecular weight is 382 g/mol. The van der Waals surface area contributed by atoms with Crippen LogP contribution in [-0.2, 0) is 0 Å². The molecule has 2 amide bonds. The second kappa shape index (κ2) is 6.20. The maximum Gasteiger partial charge on any atom is 0.266 e. The van der Waals surface area contributed by atoms with Crippen LogP contribution in [0.3, 0.4) is 0 Å². The number of rotatable bonds is 3. The fourth-order valence-electron chi connectivity index (χ4n) is 2.99. The zero-order valence-electron chi connectivity index (χ0n) is 13.7. The van der Waals surface area contributed by atoms with Gasteiger partial charge in [-0.05, 0) is 54.3 Å². The highest BCUT2D eigenvalue weighted by atomic mass is 35.5. The lowest BCUT2D eigenvalue weighted by molar-refractivity contribution is 0.0927. The molecule has 0 bridgehead atoms. The van der Waals surface area contributed by atoms with E-state index in [2.05, 4.69) is 0 Å². The average Bonchev–Trinajstić information content (AvgIpc) is 3.13. The summed E-state index contributed by atoms with van der Waals surface area (Å²) in [4.78, 5) is 39.6. The first-order valence-electron chi connectivity index (χ1n) is 7.85. The van der Waals surface area contributed by atoms with E-state index in [0.29, 0.717) is 32.3 Å². The molecule has 0 atom stereocenters. The summed E-state index contributed by atoms with van der Waals surface area (Å²) in [6.07, 6.45) is 0. The van der Waals surface area contributed by atoms with Gasteiger partial charge in [0.15, 0.2) is 5.78 Å². The number of aryl methyl sites for hydroxylation is 1. The summed E-state index contributed by atoms with van der Waals surface area (Å²) in [7, 11) is 0. The molecule has 1 aromatic heterocycles. The van der Waals surface area contributed by atoms with Crippen LogP contribution < -0.4 is 4.90 Å². The first kappa shape index (κ1) is 16.7. The summed E-state index contributed by atoms with van der Waals surface area (Å²) < 4.78 is 0. The van der Waals surface area contributed by atoms with Crippen LogP contribution in [0.25, 0.3) is 0 Å². The number of hydrogen-bond donors (Lipinski definition) is 0. The number of ketones is 1. The molecule has 2 heterocycles. The fourth-order valence-corrected chi connectivity index (χ4v) is 4.17. The summed E-state index contributed by atoms with van der Waals surface area (Å²) in [5, 5.41) is 2.67. The maximum atomic E-state index is 13.0. The van der Waals surface area contributed by atoms with Crippen LogP contribution >= 0.6 is 22.9 Å². The van der Waals surface area contributed by atoms with E-state index in [0.717, 1.165) is 10.5 Å². The van der Waals surface area contributed by atoms with Gasteiger partial charge >= 0.3 is 0 Å². The number of amides is 2. The van der Waals surface area contributed by atoms with Crippen molar-refractivity contribution >= 4 is 45.5 Å². The molecule has 0 radical (unpaired) electrons. The number of nitrogens with zero attached hydrogens (tertiary/aromatic N) is 1. The Balaban J connectivity index is 1.81. The third-order valence-electron chi connectivity index (χ3n) is 4.29. The lowest BCUT2D eigenvalue weighted by Crippen LogP contribution is -2.30. The molecular formula is C20H12ClNO3S. The molecule has 0 spiro atoms. The van der Waals surface area contributed by atoms with Crippen LogP contribution in [0.4, 0.5) is 5.00 Å². The highest BCUT2D eigenvalue weighted by Gasteiger charge is 2.39. The topological polar surface area (TPSA) is 54.5 Å². The smallest absolute Gasteiger partial charge is 0.266 e. The minimum atomic E-state index is -0.405. The predicted molar refractivity (Wildman–Crippen MR) is 102 cm³/mol. The molecule has 0 fully saturated rings. The van der Waals surface area contributed by atoms with Crippen molar-refractivity contribution in [2.75, 3.05) is 4.90 Å². The number of thiophene rings is 1. The van der Waals surface area contributed by atoms with Crippen molar-refractivity contribution in [3.63, 3.8) is 0 Å². The Bertz CT molecular complexity index is 1030. The molecule has 3 aromatic rings. The molecule has 1 aliphatic heterocycles. The van der Waals surface area contributed by atoms with Gasteiger partial charge in [-0.1, -0.05) is 23.7 Å². The van der Waals surface area contributed by atoms with Gasteiger partial charge in [0, 0.05) is 10.6 Å². The number of fused-ring (bicyclic) bond motifs is 1. The zero-order chi connectivity index (χ0) is 18.4. The Labute approximate surface area is 158 Å². The van der Waals surface area contributed by atoms with Gasteiger partial charge in [0.25, 0.3) is 11.8 Å². The number of halogens is 1. The van der Waals surface area contributed by atoms with Crippen molar-refractivity contribution in [1.29, 1.82) is 0 Å². The van der Waals surface area contributed by atoms with Crippen LogP contribution in [0.2, 0.25) is 5.02 Å². The number of benzene rings is 2. The second-order valence-electron chi connectivity index (χ2n) is 5.93. The Kier molecular flexibility index (Phi) is 3.98. The van der Waals surface area contributed by atoms with Crippen molar-refractivity contribution in [3.05, 3.63) is 86.8 Å². The molecular weight excluding hydrogens is 370 g/mol. The SMILES string of the molecule is Cc1csc(N2C(=O)c3ccccc3C2=O)c1C(=O)c1ccc(Cl)cc1. The number of carbonyl (C=O) groups is 3. The molecule has 0 N–H and O–H groups in total. The van der Waals surface area contributed by atoms with Crippen LogP contribution in [0.1, 0.15) is 42.2 Å². The molecule has 4 rings (SSSR count). The Hall–Kier alpha value is -2.76. The van der Waals surface area contributed by atoms with E-state index in [1.807, 2.05) is 0 Å². The normalized spacial score (nSPS) is 13.2. The standard InChI is InChI=1S/C20H12ClNO3S/c1-11-10-26-20(16(11)17(23)12-6-8-13(21)9-7-12)22-18(24)14-4-2-3-5-15(14)19(22)25/h2-10H,1H3. The van der Waals surface area contributed by atoms with Gasteiger partial charge in [-0.15, -0.1) is 11.3 Å². The summed E-state index contributed by atoms with van der Waals surface area (Å²) in [6, 6.07) is 13.2. The van der Waals surface area contributed by atoms with Gasteiger partial charge in [-0.25, -0.2) is 4.90 Å². The van der Waals surface area contributed by atoms with Gasteiger partial charge < -0.3 is 0 Å². The zero-order valence-corrected chi connectivity index (χ0v) is 15.2.